The number of aromatic nitrogens is 4. The Kier molecular flexibility index (Phi) is 9.23. The molecule has 8 rings (SSSR count). The summed E-state index contributed by atoms with van der Waals surface area (Å²) in [5.74, 6) is 0. The highest BCUT2D eigenvalue weighted by Gasteiger charge is 2.24. The van der Waals surface area contributed by atoms with Crippen molar-refractivity contribution in [1.29, 1.82) is 0 Å². The molecule has 5 aromatic carbocycles. The molecule has 6 aromatic rings. The molecule has 9 heteroatoms. The molecule has 1 aromatic heterocycles. The topological polar surface area (TPSA) is 66.9 Å². The highest BCUT2D eigenvalue weighted by molar-refractivity contribution is 5.97. The van der Waals surface area contributed by atoms with Gasteiger partial charge in [0.1, 0.15) is 11.0 Å². The van der Waals surface area contributed by atoms with E-state index in [4.69, 9.17) is 9.97 Å². The van der Waals surface area contributed by atoms with Crippen LogP contribution in [0.2, 0.25) is 0 Å². The molecule has 2 aliphatic rings. The minimum atomic E-state index is -0.000680. The van der Waals surface area contributed by atoms with Gasteiger partial charge in [0, 0.05) is 74.1 Å². The van der Waals surface area contributed by atoms with Crippen molar-refractivity contribution in [2.45, 2.75) is 13.8 Å². The van der Waals surface area contributed by atoms with Gasteiger partial charge in [-0.15, -0.1) is 17.0 Å². The molecule has 50 heavy (non-hydrogen) atoms. The smallest absolute Gasteiger partial charge is 0.239 e. The van der Waals surface area contributed by atoms with Crippen LogP contribution < -0.4 is 32.6 Å². The number of nitrogens with zero attached hydrogens (tertiary/aromatic N) is 5. The molecule has 0 unspecified atom stereocenters. The number of fused-ring (bicyclic) bond motifs is 4. The Morgan fingerprint density at radius 1 is 0.700 bits per heavy atom. The first-order valence-electron chi connectivity index (χ1n) is 16.1. The minimum Gasteiger partial charge on any atom is -1.00 e. The molecule has 0 atom stereocenters. The molecule has 2 heterocycles. The Bertz CT molecular complexity index is 2570. The summed E-state index contributed by atoms with van der Waals surface area (Å²) in [6.45, 7) is 4.00. The van der Waals surface area contributed by atoms with Crippen molar-refractivity contribution < 1.29 is 17.0 Å². The summed E-state index contributed by atoms with van der Waals surface area (Å²) in [6.07, 6.45) is 0. The van der Waals surface area contributed by atoms with Gasteiger partial charge in [0.2, 0.25) is 16.7 Å². The normalized spacial score (nSPS) is 11.1. The molecule has 0 spiro atoms. The molecule has 1 aliphatic heterocycles. The van der Waals surface area contributed by atoms with Gasteiger partial charge in [-0.25, -0.2) is 9.97 Å². The average Bonchev–Trinajstić information content (AvgIpc) is 3.10. The van der Waals surface area contributed by atoms with Crippen LogP contribution in [0.1, 0.15) is 11.1 Å². The first kappa shape index (κ1) is 34.4. The second kappa shape index (κ2) is 13.4. The average molecular weight is 700 g/mol. The van der Waals surface area contributed by atoms with E-state index in [1.807, 2.05) is 44.3 Å². The molecule has 0 saturated heterocycles. The molecule has 7 nitrogen and oxygen atoms in total. The summed E-state index contributed by atoms with van der Waals surface area (Å²) in [4.78, 5) is 25.4. The maximum atomic E-state index is 12.9. The van der Waals surface area contributed by atoms with Gasteiger partial charge in [0.15, 0.2) is 5.43 Å². The van der Waals surface area contributed by atoms with Gasteiger partial charge >= 0.3 is 0 Å². The van der Waals surface area contributed by atoms with Gasteiger partial charge in [-0.2, -0.15) is 0 Å². The summed E-state index contributed by atoms with van der Waals surface area (Å²) in [7, 11) is 6.08. The van der Waals surface area contributed by atoms with Crippen LogP contribution in [0.3, 0.4) is 0 Å². The number of halogens is 2. The van der Waals surface area contributed by atoms with Crippen molar-refractivity contribution in [1.82, 2.24) is 14.5 Å². The summed E-state index contributed by atoms with van der Waals surface area (Å²) in [5, 5.41) is 3.29. The van der Waals surface area contributed by atoms with Crippen molar-refractivity contribution >= 4 is 56.9 Å². The van der Waals surface area contributed by atoms with Crippen molar-refractivity contribution in [3.05, 3.63) is 137 Å². The largest absolute Gasteiger partial charge is 1.00 e. The van der Waals surface area contributed by atoms with Gasteiger partial charge in [0.05, 0.1) is 22.4 Å². The summed E-state index contributed by atoms with van der Waals surface area (Å²) in [6, 6.07) is 39.4. The summed E-state index contributed by atoms with van der Waals surface area (Å²) in [5.41, 5.74) is 15.3. The minimum absolute atomic E-state index is 0. The maximum Gasteiger partial charge on any atom is 0.239 e. The van der Waals surface area contributed by atoms with Gasteiger partial charge in [-0.3, -0.25) is 4.79 Å². The first-order chi connectivity index (χ1) is 23.3. The Labute approximate surface area is 303 Å². The van der Waals surface area contributed by atoms with E-state index in [1.54, 1.807) is 6.07 Å². The van der Waals surface area contributed by atoms with Gasteiger partial charge in [0.25, 0.3) is 0 Å². The number of hydrogen-bond donors (Lipinski definition) is 1. The lowest BCUT2D eigenvalue weighted by Crippen LogP contribution is -3.00. The van der Waals surface area contributed by atoms with Crippen molar-refractivity contribution in [2.24, 2.45) is 0 Å². The molecular formula is C41H36Cl2N6O. The maximum absolute atomic E-state index is 12.9. The molecular weight excluding hydrogens is 663 g/mol. The van der Waals surface area contributed by atoms with E-state index in [0.29, 0.717) is 5.56 Å². The zero-order chi connectivity index (χ0) is 33.1. The molecule has 0 bridgehead atoms. The second-order valence-corrected chi connectivity index (χ2v) is 12.5. The van der Waals surface area contributed by atoms with Crippen LogP contribution in [0.5, 0.6) is 0 Å². The van der Waals surface area contributed by atoms with Crippen molar-refractivity contribution in [3.8, 4) is 33.9 Å². The molecule has 250 valence electrons. The number of aryl methyl sites for hydroxylation is 2. The lowest BCUT2D eigenvalue weighted by molar-refractivity contribution is -0.538. The molecule has 0 saturated carbocycles. The molecule has 1 aliphatic carbocycles. The fraction of sp³-hybridized carbons (Fsp3) is 0.122. The van der Waals surface area contributed by atoms with Crippen LogP contribution in [0.15, 0.2) is 120 Å². The molecule has 0 radical (unpaired) electrons. The van der Waals surface area contributed by atoms with E-state index >= 15 is 0 Å². The van der Waals surface area contributed by atoms with Crippen LogP contribution in [0.25, 0.3) is 67.0 Å². The zero-order valence-corrected chi connectivity index (χ0v) is 30.0. The lowest BCUT2D eigenvalue weighted by Gasteiger charge is -2.24. The van der Waals surface area contributed by atoms with E-state index in [1.165, 1.54) is 0 Å². The Morgan fingerprint density at radius 3 is 2.10 bits per heavy atom. The highest BCUT2D eigenvalue weighted by atomic mass is 35.5. The van der Waals surface area contributed by atoms with E-state index in [2.05, 4.69) is 119 Å². The van der Waals surface area contributed by atoms with E-state index < -0.39 is 0 Å². The Morgan fingerprint density at radius 2 is 1.40 bits per heavy atom. The summed E-state index contributed by atoms with van der Waals surface area (Å²) < 4.78 is 4.46. The monoisotopic (exact) mass is 698 g/mol. The third kappa shape index (κ3) is 5.68. The van der Waals surface area contributed by atoms with E-state index in [9.17, 15) is 4.79 Å². The summed E-state index contributed by atoms with van der Waals surface area (Å²) >= 11 is 0. The number of anilines is 2. The van der Waals surface area contributed by atoms with E-state index in [0.717, 1.165) is 83.9 Å². The fourth-order valence-electron chi connectivity index (χ4n) is 6.77. The quantitative estimate of drug-likeness (QED) is 0.196. The van der Waals surface area contributed by atoms with Gasteiger partial charge in [-0.1, -0.05) is 36.4 Å². The first-order valence-corrected chi connectivity index (χ1v) is 16.1. The number of rotatable bonds is 5. The molecule has 0 fully saturated rings. The standard InChI is InChI=1S/C41H34N6O.2ClH/c1-25-18-33-38(46(28-12-8-6-9-13-28)37-20-27(42-3)16-17-32(37)43-33)22-30(25)31-21-35-39(23-36(31)45(4)5)47(29-14-10-7-11-15-29)40-24-41(48)26(2)19-34(40)44-35;;/h6-24H,1-5H3;2*1H. The van der Waals surface area contributed by atoms with Crippen LogP contribution in [-0.4, -0.2) is 35.7 Å². The number of hydrogen-bond acceptors (Lipinski definition) is 5. The molecule has 1 N–H and O–H groups in total. The highest BCUT2D eigenvalue weighted by Crippen LogP contribution is 2.39. The van der Waals surface area contributed by atoms with Crippen LogP contribution in [0, 0.1) is 13.8 Å². The molecule has 0 amide bonds. The predicted molar refractivity (Wildman–Crippen MR) is 204 cm³/mol. The van der Waals surface area contributed by atoms with Crippen molar-refractivity contribution in [3.63, 3.8) is 0 Å². The SMILES string of the molecule is CNc1ccc2nc3cc(C)c(-c4cc5nc6cc(C)c(=O)cc-6n(-c6ccccc6)c5cc4N(C)C)cc3[n+](-c3ccccc3)c2c1.Cl.[Cl-]. The second-order valence-electron chi connectivity index (χ2n) is 12.5. The van der Waals surface area contributed by atoms with Crippen molar-refractivity contribution in [2.75, 3.05) is 31.4 Å². The Hall–Kier alpha value is -5.50. The van der Waals surface area contributed by atoms with Crippen LogP contribution in [-0.2, 0) is 0 Å². The number of nitrogens with one attached hydrogen (secondary N) is 1. The number of benzene rings is 6. The third-order valence-corrected chi connectivity index (χ3v) is 9.20. The Balaban J connectivity index is 0.00000216. The number of para-hydroxylation sites is 2. The zero-order valence-electron chi connectivity index (χ0n) is 28.4. The van der Waals surface area contributed by atoms with Gasteiger partial charge in [-0.05, 0) is 79.1 Å². The fourth-order valence-corrected chi connectivity index (χ4v) is 6.77. The lowest BCUT2D eigenvalue weighted by atomic mass is 9.96. The van der Waals surface area contributed by atoms with Crippen LogP contribution in [0.4, 0.5) is 11.4 Å². The van der Waals surface area contributed by atoms with E-state index in [-0.39, 0.29) is 30.2 Å². The third-order valence-electron chi connectivity index (χ3n) is 9.20. The van der Waals surface area contributed by atoms with Crippen LogP contribution >= 0.6 is 12.4 Å². The van der Waals surface area contributed by atoms with Gasteiger partial charge < -0.3 is 27.2 Å². The predicted octanol–water partition coefficient (Wildman–Crippen LogP) is 5.29.